The first-order valence-corrected chi connectivity index (χ1v) is 12.5. The van der Waals surface area contributed by atoms with E-state index in [0.717, 1.165) is 5.56 Å². The SMILES string of the molecule is CC(Oc1cc(-c2ccc(OC(F)(F)F)cc2)ccc1-c1ccc(F)cc1)c1ccc(C(=O)NCCC(=O)O)cc1. The zero-order valence-corrected chi connectivity index (χ0v) is 21.7. The third-order valence-corrected chi connectivity index (χ3v) is 6.13. The molecule has 0 radical (unpaired) electrons. The number of ether oxygens (including phenoxy) is 2. The van der Waals surface area contributed by atoms with Crippen molar-refractivity contribution in [1.29, 1.82) is 0 Å². The van der Waals surface area contributed by atoms with Crippen molar-refractivity contribution in [2.75, 3.05) is 6.54 Å². The smallest absolute Gasteiger partial charge is 0.485 e. The van der Waals surface area contributed by atoms with Crippen molar-refractivity contribution in [1.82, 2.24) is 5.32 Å². The number of nitrogens with one attached hydrogen (secondary N) is 1. The van der Waals surface area contributed by atoms with Crippen molar-refractivity contribution in [2.24, 2.45) is 0 Å². The molecule has 41 heavy (non-hydrogen) atoms. The third kappa shape index (κ3) is 8.07. The summed E-state index contributed by atoms with van der Waals surface area (Å²) >= 11 is 0. The molecule has 0 aliphatic heterocycles. The zero-order valence-electron chi connectivity index (χ0n) is 21.7. The summed E-state index contributed by atoms with van der Waals surface area (Å²) in [6.07, 6.45) is -5.47. The standard InChI is InChI=1S/C31H25F4NO5/c1-19(20-2-4-23(5-3-20)30(39)36-17-16-29(37)38)40-28-18-24(10-15-27(28)22-6-11-25(32)12-7-22)21-8-13-26(14-9-21)41-31(33,34)35/h2-15,18-19H,16-17H2,1H3,(H,36,39)(H,37,38). The van der Waals surface area contributed by atoms with Crippen LogP contribution in [-0.4, -0.2) is 29.9 Å². The van der Waals surface area contributed by atoms with Gasteiger partial charge in [-0.15, -0.1) is 13.2 Å². The summed E-state index contributed by atoms with van der Waals surface area (Å²) in [4.78, 5) is 22.9. The lowest BCUT2D eigenvalue weighted by molar-refractivity contribution is -0.274. The highest BCUT2D eigenvalue weighted by Crippen LogP contribution is 2.37. The van der Waals surface area contributed by atoms with Gasteiger partial charge in [0.25, 0.3) is 5.91 Å². The van der Waals surface area contributed by atoms with Crippen LogP contribution in [0.1, 0.15) is 35.4 Å². The van der Waals surface area contributed by atoms with E-state index in [4.69, 9.17) is 9.84 Å². The van der Waals surface area contributed by atoms with Crippen LogP contribution in [0.5, 0.6) is 11.5 Å². The fourth-order valence-corrected chi connectivity index (χ4v) is 4.07. The van der Waals surface area contributed by atoms with Gasteiger partial charge in [0.15, 0.2) is 0 Å². The van der Waals surface area contributed by atoms with E-state index in [-0.39, 0.29) is 18.7 Å². The molecule has 0 spiro atoms. The minimum atomic E-state index is -4.79. The first-order valence-electron chi connectivity index (χ1n) is 12.5. The molecule has 0 saturated heterocycles. The highest BCUT2D eigenvalue weighted by atomic mass is 19.4. The second kappa shape index (κ2) is 12.5. The predicted octanol–water partition coefficient (Wildman–Crippen LogP) is 7.40. The van der Waals surface area contributed by atoms with Gasteiger partial charge in [-0.25, -0.2) is 4.39 Å². The zero-order chi connectivity index (χ0) is 29.6. The summed E-state index contributed by atoms with van der Waals surface area (Å²) in [5, 5.41) is 11.3. The van der Waals surface area contributed by atoms with E-state index < -0.39 is 30.2 Å². The van der Waals surface area contributed by atoms with Gasteiger partial charge in [-0.1, -0.05) is 48.5 Å². The number of benzene rings is 4. The molecule has 212 valence electrons. The molecule has 0 saturated carbocycles. The van der Waals surface area contributed by atoms with Crippen LogP contribution in [0.15, 0.2) is 91.0 Å². The molecule has 4 aromatic rings. The fraction of sp³-hybridized carbons (Fsp3) is 0.161. The Morgan fingerprint density at radius 3 is 2.07 bits per heavy atom. The molecule has 1 atom stereocenters. The van der Waals surface area contributed by atoms with Crippen LogP contribution < -0.4 is 14.8 Å². The molecule has 1 unspecified atom stereocenters. The number of halogens is 4. The van der Waals surface area contributed by atoms with Crippen LogP contribution in [0.2, 0.25) is 0 Å². The Kier molecular flexibility index (Phi) is 8.91. The second-order valence-electron chi connectivity index (χ2n) is 9.07. The molecule has 2 N–H and O–H groups in total. The average molecular weight is 568 g/mol. The number of amides is 1. The van der Waals surface area contributed by atoms with Gasteiger partial charge in [-0.05, 0) is 71.6 Å². The summed E-state index contributed by atoms with van der Waals surface area (Å²) in [7, 11) is 0. The minimum absolute atomic E-state index is 0.00994. The first-order chi connectivity index (χ1) is 19.5. The highest BCUT2D eigenvalue weighted by molar-refractivity contribution is 5.94. The van der Waals surface area contributed by atoms with Crippen LogP contribution >= 0.6 is 0 Å². The Morgan fingerprint density at radius 2 is 1.46 bits per heavy atom. The predicted molar refractivity (Wildman–Crippen MR) is 144 cm³/mol. The van der Waals surface area contributed by atoms with Crippen LogP contribution in [-0.2, 0) is 4.79 Å². The Hall–Kier alpha value is -4.86. The van der Waals surface area contributed by atoms with Crippen molar-refractivity contribution < 1.29 is 41.7 Å². The Morgan fingerprint density at radius 1 is 0.854 bits per heavy atom. The van der Waals surface area contributed by atoms with Gasteiger partial charge < -0.3 is 19.9 Å². The van der Waals surface area contributed by atoms with Gasteiger partial charge in [-0.3, -0.25) is 9.59 Å². The molecule has 10 heteroatoms. The van der Waals surface area contributed by atoms with Gasteiger partial charge in [0.2, 0.25) is 0 Å². The molecule has 0 bridgehead atoms. The van der Waals surface area contributed by atoms with Crippen LogP contribution in [0.4, 0.5) is 17.6 Å². The van der Waals surface area contributed by atoms with Gasteiger partial charge in [0, 0.05) is 17.7 Å². The van der Waals surface area contributed by atoms with Crippen molar-refractivity contribution in [3.05, 3.63) is 108 Å². The van der Waals surface area contributed by atoms with E-state index in [9.17, 15) is 27.2 Å². The Labute approximate surface area is 233 Å². The second-order valence-corrected chi connectivity index (χ2v) is 9.07. The molecule has 1 amide bonds. The van der Waals surface area contributed by atoms with Gasteiger partial charge in [0.05, 0.1) is 6.42 Å². The maximum atomic E-state index is 13.6. The van der Waals surface area contributed by atoms with Gasteiger partial charge >= 0.3 is 12.3 Å². The van der Waals surface area contributed by atoms with Gasteiger partial charge in [-0.2, -0.15) is 0 Å². The van der Waals surface area contributed by atoms with E-state index in [2.05, 4.69) is 10.1 Å². The average Bonchev–Trinajstić information content (AvgIpc) is 2.93. The number of aliphatic carboxylic acids is 1. The fourth-order valence-electron chi connectivity index (χ4n) is 4.07. The molecule has 0 aliphatic carbocycles. The lowest BCUT2D eigenvalue weighted by Gasteiger charge is -2.20. The highest BCUT2D eigenvalue weighted by Gasteiger charge is 2.31. The number of carboxylic acids is 1. The molecule has 4 rings (SSSR count). The quantitative estimate of drug-likeness (QED) is 0.195. The largest absolute Gasteiger partial charge is 0.573 e. The maximum absolute atomic E-state index is 13.6. The van der Waals surface area contributed by atoms with Gasteiger partial charge in [0.1, 0.15) is 23.4 Å². The number of carboxylic acid groups (broad SMARTS) is 1. The molecule has 0 fully saturated rings. The molecule has 0 aliphatic rings. The molecular formula is C31H25F4NO5. The van der Waals surface area contributed by atoms with Crippen LogP contribution in [0.25, 0.3) is 22.3 Å². The number of rotatable bonds is 10. The van der Waals surface area contributed by atoms with E-state index in [1.54, 1.807) is 54.6 Å². The Balaban J connectivity index is 1.58. The van der Waals surface area contributed by atoms with E-state index in [1.165, 1.54) is 36.4 Å². The number of hydrogen-bond acceptors (Lipinski definition) is 4. The minimum Gasteiger partial charge on any atom is -0.485 e. The number of alkyl halides is 3. The molecule has 0 heterocycles. The lowest BCUT2D eigenvalue weighted by Crippen LogP contribution is -2.25. The summed E-state index contributed by atoms with van der Waals surface area (Å²) in [6.45, 7) is 1.82. The number of carbonyl (C=O) groups excluding carboxylic acids is 1. The van der Waals surface area contributed by atoms with Crippen molar-refractivity contribution >= 4 is 11.9 Å². The van der Waals surface area contributed by atoms with Crippen molar-refractivity contribution in [3.8, 4) is 33.8 Å². The van der Waals surface area contributed by atoms with E-state index >= 15 is 0 Å². The summed E-state index contributed by atoms with van der Waals surface area (Å²) < 4.78 is 61.5. The monoisotopic (exact) mass is 567 g/mol. The summed E-state index contributed by atoms with van der Waals surface area (Å²) in [5.41, 5.74) is 3.77. The summed E-state index contributed by atoms with van der Waals surface area (Å²) in [6, 6.07) is 23.3. The third-order valence-electron chi connectivity index (χ3n) is 6.13. The number of hydrogen-bond donors (Lipinski definition) is 2. The molecule has 4 aromatic carbocycles. The molecule has 0 aromatic heterocycles. The van der Waals surface area contributed by atoms with Crippen molar-refractivity contribution in [3.63, 3.8) is 0 Å². The normalized spacial score (nSPS) is 11.9. The number of carbonyl (C=O) groups is 2. The molecular weight excluding hydrogens is 542 g/mol. The summed E-state index contributed by atoms with van der Waals surface area (Å²) in [5.74, 6) is -1.69. The Bertz CT molecular complexity index is 1500. The van der Waals surface area contributed by atoms with Crippen molar-refractivity contribution in [2.45, 2.75) is 25.8 Å². The van der Waals surface area contributed by atoms with Crippen LogP contribution in [0, 0.1) is 5.82 Å². The maximum Gasteiger partial charge on any atom is 0.573 e. The lowest BCUT2D eigenvalue weighted by atomic mass is 9.98. The first kappa shape index (κ1) is 29.1. The topological polar surface area (TPSA) is 84.9 Å². The molecule has 6 nitrogen and oxygen atoms in total. The van der Waals surface area contributed by atoms with Crippen LogP contribution in [0.3, 0.4) is 0 Å². The van der Waals surface area contributed by atoms with E-state index in [1.807, 2.05) is 6.92 Å². The van der Waals surface area contributed by atoms with E-state index in [0.29, 0.717) is 33.6 Å².